The third kappa shape index (κ3) is 3.66. The van der Waals surface area contributed by atoms with Gasteiger partial charge in [-0.2, -0.15) is 0 Å². The van der Waals surface area contributed by atoms with Crippen molar-refractivity contribution in [3.05, 3.63) is 24.0 Å². The molecule has 21 heavy (non-hydrogen) atoms. The summed E-state index contributed by atoms with van der Waals surface area (Å²) in [6.07, 6.45) is 4.16. The van der Waals surface area contributed by atoms with Crippen molar-refractivity contribution in [2.24, 2.45) is 5.73 Å². The van der Waals surface area contributed by atoms with Crippen LogP contribution >= 0.6 is 0 Å². The topological polar surface area (TPSA) is 47.7 Å². The average Bonchev–Trinajstić information content (AvgIpc) is 3.00. The van der Waals surface area contributed by atoms with E-state index in [1.807, 2.05) is 0 Å². The molecular formula is C16H23FN2O2. The van der Waals surface area contributed by atoms with Crippen molar-refractivity contribution in [1.29, 1.82) is 0 Å². The van der Waals surface area contributed by atoms with E-state index in [1.54, 1.807) is 12.1 Å². The maximum Gasteiger partial charge on any atom is 0.142 e. The van der Waals surface area contributed by atoms with Gasteiger partial charge in [-0.1, -0.05) is 0 Å². The molecule has 2 aliphatic rings. The van der Waals surface area contributed by atoms with Gasteiger partial charge in [-0.15, -0.1) is 0 Å². The number of benzene rings is 1. The van der Waals surface area contributed by atoms with Gasteiger partial charge in [0.05, 0.1) is 11.8 Å². The Bertz CT molecular complexity index is 469. The summed E-state index contributed by atoms with van der Waals surface area (Å²) in [4.78, 5) is 2.16. The summed E-state index contributed by atoms with van der Waals surface area (Å²) in [5.74, 6) is 0.506. The third-order valence-corrected chi connectivity index (χ3v) is 4.25. The number of ether oxygens (including phenoxy) is 2. The lowest BCUT2D eigenvalue weighted by Gasteiger charge is -2.33. The van der Waals surface area contributed by atoms with Crippen LogP contribution in [0, 0.1) is 5.82 Å². The van der Waals surface area contributed by atoms with Crippen molar-refractivity contribution in [1.82, 2.24) is 0 Å². The van der Waals surface area contributed by atoms with E-state index in [2.05, 4.69) is 4.90 Å². The lowest BCUT2D eigenvalue weighted by Crippen LogP contribution is -2.39. The molecule has 2 heterocycles. The summed E-state index contributed by atoms with van der Waals surface area (Å²) < 4.78 is 25.0. The van der Waals surface area contributed by atoms with Gasteiger partial charge in [0.1, 0.15) is 18.2 Å². The molecule has 116 valence electrons. The van der Waals surface area contributed by atoms with Crippen LogP contribution in [0.25, 0.3) is 0 Å². The quantitative estimate of drug-likeness (QED) is 0.926. The van der Waals surface area contributed by atoms with Gasteiger partial charge in [0.2, 0.25) is 0 Å². The van der Waals surface area contributed by atoms with Crippen molar-refractivity contribution < 1.29 is 13.9 Å². The Morgan fingerprint density at radius 3 is 2.81 bits per heavy atom. The highest BCUT2D eigenvalue weighted by molar-refractivity contribution is 5.59. The van der Waals surface area contributed by atoms with E-state index in [4.69, 9.17) is 15.2 Å². The van der Waals surface area contributed by atoms with E-state index in [0.717, 1.165) is 56.8 Å². The van der Waals surface area contributed by atoms with E-state index in [9.17, 15) is 4.39 Å². The molecule has 2 fully saturated rings. The van der Waals surface area contributed by atoms with Crippen LogP contribution in [0.5, 0.6) is 5.75 Å². The lowest BCUT2D eigenvalue weighted by atomic mass is 10.1. The standard InChI is InChI=1S/C16H23FN2O2/c17-12-3-4-16(21-11-14-2-1-9-20-14)15(10-12)19-7-5-13(18)6-8-19/h3-4,10,13-14H,1-2,5-9,11,18H2. The van der Waals surface area contributed by atoms with Crippen molar-refractivity contribution in [3.63, 3.8) is 0 Å². The van der Waals surface area contributed by atoms with Crippen LogP contribution in [0.1, 0.15) is 25.7 Å². The predicted molar refractivity (Wildman–Crippen MR) is 80.3 cm³/mol. The second-order valence-corrected chi connectivity index (χ2v) is 5.88. The first-order valence-electron chi connectivity index (χ1n) is 7.77. The molecule has 1 atom stereocenters. The molecule has 1 aromatic rings. The summed E-state index contributed by atoms with van der Waals surface area (Å²) >= 11 is 0. The summed E-state index contributed by atoms with van der Waals surface area (Å²) in [5.41, 5.74) is 6.77. The van der Waals surface area contributed by atoms with Gasteiger partial charge in [0, 0.05) is 31.8 Å². The molecule has 3 rings (SSSR count). The van der Waals surface area contributed by atoms with Gasteiger partial charge < -0.3 is 20.1 Å². The highest BCUT2D eigenvalue weighted by atomic mass is 19.1. The van der Waals surface area contributed by atoms with Crippen molar-refractivity contribution in [3.8, 4) is 5.75 Å². The van der Waals surface area contributed by atoms with Gasteiger partial charge in [0.25, 0.3) is 0 Å². The second kappa shape index (κ2) is 6.62. The molecule has 0 saturated carbocycles. The molecule has 5 heteroatoms. The molecule has 4 nitrogen and oxygen atoms in total. The number of halogens is 1. The highest BCUT2D eigenvalue weighted by Crippen LogP contribution is 2.31. The molecule has 2 N–H and O–H groups in total. The molecule has 0 aliphatic carbocycles. The molecule has 2 saturated heterocycles. The van der Waals surface area contributed by atoms with E-state index >= 15 is 0 Å². The van der Waals surface area contributed by atoms with Crippen molar-refractivity contribution in [2.45, 2.75) is 37.8 Å². The molecule has 1 unspecified atom stereocenters. The molecular weight excluding hydrogens is 271 g/mol. The van der Waals surface area contributed by atoms with E-state index in [0.29, 0.717) is 6.61 Å². The summed E-state index contributed by atoms with van der Waals surface area (Å²) in [6.45, 7) is 3.04. The largest absolute Gasteiger partial charge is 0.489 e. The van der Waals surface area contributed by atoms with Gasteiger partial charge in [-0.25, -0.2) is 4.39 Å². The predicted octanol–water partition coefficient (Wildman–Crippen LogP) is 2.31. The first-order valence-corrected chi connectivity index (χ1v) is 7.77. The maximum absolute atomic E-state index is 13.6. The van der Waals surface area contributed by atoms with E-state index < -0.39 is 0 Å². The first-order chi connectivity index (χ1) is 10.2. The number of nitrogens with two attached hydrogens (primary N) is 1. The van der Waals surface area contributed by atoms with Crippen LogP contribution in [-0.2, 0) is 4.74 Å². The Hall–Kier alpha value is -1.33. The van der Waals surface area contributed by atoms with Gasteiger partial charge in [0.15, 0.2) is 0 Å². The van der Waals surface area contributed by atoms with Crippen molar-refractivity contribution >= 4 is 5.69 Å². The molecule has 0 spiro atoms. The Morgan fingerprint density at radius 1 is 1.29 bits per heavy atom. The van der Waals surface area contributed by atoms with E-state index in [1.165, 1.54) is 6.07 Å². The summed E-state index contributed by atoms with van der Waals surface area (Å²) in [5, 5.41) is 0. The Balaban J connectivity index is 1.70. The average molecular weight is 294 g/mol. The zero-order valence-corrected chi connectivity index (χ0v) is 12.3. The number of anilines is 1. The fraction of sp³-hybridized carbons (Fsp3) is 0.625. The van der Waals surface area contributed by atoms with Crippen molar-refractivity contribution in [2.75, 3.05) is 31.2 Å². The van der Waals surface area contributed by atoms with Crippen LogP contribution in [0.3, 0.4) is 0 Å². The summed E-state index contributed by atoms with van der Waals surface area (Å²) in [7, 11) is 0. The first kappa shape index (κ1) is 14.6. The smallest absolute Gasteiger partial charge is 0.142 e. The summed E-state index contributed by atoms with van der Waals surface area (Å²) in [6, 6.07) is 4.98. The van der Waals surface area contributed by atoms with Crippen LogP contribution in [-0.4, -0.2) is 38.4 Å². The third-order valence-electron chi connectivity index (χ3n) is 4.25. The Labute approximate surface area is 125 Å². The molecule has 0 amide bonds. The molecule has 0 radical (unpaired) electrons. The SMILES string of the molecule is NC1CCN(c2cc(F)ccc2OCC2CCCO2)CC1. The fourth-order valence-electron chi connectivity index (χ4n) is 2.96. The minimum absolute atomic E-state index is 0.165. The normalized spacial score (nSPS) is 23.5. The number of piperidine rings is 1. The Kier molecular flexibility index (Phi) is 4.60. The molecule has 0 bridgehead atoms. The lowest BCUT2D eigenvalue weighted by molar-refractivity contribution is 0.0680. The molecule has 0 aromatic heterocycles. The molecule has 2 aliphatic heterocycles. The van der Waals surface area contributed by atoms with Crippen LogP contribution in [0.2, 0.25) is 0 Å². The van der Waals surface area contributed by atoms with E-state index in [-0.39, 0.29) is 18.0 Å². The highest BCUT2D eigenvalue weighted by Gasteiger charge is 2.21. The monoisotopic (exact) mass is 294 g/mol. The number of hydrogen-bond acceptors (Lipinski definition) is 4. The fourth-order valence-corrected chi connectivity index (χ4v) is 2.96. The molecule has 1 aromatic carbocycles. The zero-order chi connectivity index (χ0) is 14.7. The zero-order valence-electron chi connectivity index (χ0n) is 12.3. The second-order valence-electron chi connectivity index (χ2n) is 5.88. The van der Waals surface area contributed by atoms with Crippen LogP contribution in [0.4, 0.5) is 10.1 Å². The number of rotatable bonds is 4. The number of hydrogen-bond donors (Lipinski definition) is 1. The van der Waals surface area contributed by atoms with Crippen LogP contribution in [0.15, 0.2) is 18.2 Å². The minimum atomic E-state index is -0.232. The maximum atomic E-state index is 13.6. The van der Waals surface area contributed by atoms with Gasteiger partial charge in [-0.05, 0) is 37.8 Å². The minimum Gasteiger partial charge on any atom is -0.489 e. The Morgan fingerprint density at radius 2 is 2.10 bits per heavy atom. The number of nitrogens with zero attached hydrogens (tertiary/aromatic N) is 1. The van der Waals surface area contributed by atoms with Gasteiger partial charge >= 0.3 is 0 Å². The van der Waals surface area contributed by atoms with Gasteiger partial charge in [-0.3, -0.25) is 0 Å². The van der Waals surface area contributed by atoms with Crippen LogP contribution < -0.4 is 15.4 Å².